The molecule has 1 heterocycles. The van der Waals surface area contributed by atoms with Crippen LogP contribution in [0.1, 0.15) is 18.6 Å². The molecule has 5 nitrogen and oxygen atoms in total. The van der Waals surface area contributed by atoms with Gasteiger partial charge in [0.15, 0.2) is 0 Å². The molecule has 22 heavy (non-hydrogen) atoms. The van der Waals surface area contributed by atoms with Crippen LogP contribution in [0.25, 0.3) is 0 Å². The van der Waals surface area contributed by atoms with Crippen LogP contribution < -0.4 is 10.6 Å². The van der Waals surface area contributed by atoms with Gasteiger partial charge in [0.1, 0.15) is 11.4 Å². The first-order chi connectivity index (χ1) is 10.6. The van der Waals surface area contributed by atoms with Crippen LogP contribution in [0.5, 0.6) is 0 Å². The molecule has 116 valence electrons. The standard InChI is InChI=1S/C16H17ClN2O3/c17-12-5-7-13(8-6-12)19-15(20)18-10-16(21,11-3-4-11)14-2-1-9-22-14/h1-2,5-9,11,21H,3-4,10H2,(H2,18,19,20). The number of hydrogen-bond acceptors (Lipinski definition) is 3. The summed E-state index contributed by atoms with van der Waals surface area (Å²) >= 11 is 5.80. The molecule has 1 aromatic carbocycles. The van der Waals surface area contributed by atoms with Gasteiger partial charge in [-0.25, -0.2) is 4.79 Å². The summed E-state index contributed by atoms with van der Waals surface area (Å²) in [6, 6.07) is 9.89. The van der Waals surface area contributed by atoms with E-state index >= 15 is 0 Å². The number of urea groups is 1. The quantitative estimate of drug-likeness (QED) is 0.791. The molecule has 3 N–H and O–H groups in total. The first-order valence-corrected chi connectivity index (χ1v) is 7.52. The minimum atomic E-state index is -1.15. The molecule has 1 atom stereocenters. The minimum absolute atomic E-state index is 0.102. The van der Waals surface area contributed by atoms with Crippen LogP contribution in [0.4, 0.5) is 10.5 Å². The average Bonchev–Trinajstić information content (AvgIpc) is 3.22. The average molecular weight is 321 g/mol. The molecule has 6 heteroatoms. The number of furan rings is 1. The smallest absolute Gasteiger partial charge is 0.319 e. The molecule has 1 aromatic heterocycles. The predicted molar refractivity (Wildman–Crippen MR) is 83.8 cm³/mol. The SMILES string of the molecule is O=C(NCC(O)(c1ccco1)C1CC1)Nc1ccc(Cl)cc1. The number of nitrogens with one attached hydrogen (secondary N) is 2. The van der Waals surface area contributed by atoms with E-state index in [0.29, 0.717) is 16.5 Å². The molecule has 3 rings (SSSR count). The van der Waals surface area contributed by atoms with Crippen LogP contribution in [0, 0.1) is 5.92 Å². The summed E-state index contributed by atoms with van der Waals surface area (Å²) in [5.41, 5.74) is -0.518. The molecule has 1 unspecified atom stereocenters. The summed E-state index contributed by atoms with van der Waals surface area (Å²) in [5.74, 6) is 0.608. The topological polar surface area (TPSA) is 74.5 Å². The van der Waals surface area contributed by atoms with Gasteiger partial charge in [-0.3, -0.25) is 0 Å². The second-order valence-corrected chi connectivity index (χ2v) is 5.93. The number of aliphatic hydroxyl groups is 1. The van der Waals surface area contributed by atoms with Gasteiger partial charge in [0.25, 0.3) is 0 Å². The lowest BCUT2D eigenvalue weighted by molar-refractivity contribution is -0.00414. The monoisotopic (exact) mass is 320 g/mol. The van der Waals surface area contributed by atoms with Crippen LogP contribution in [-0.2, 0) is 5.60 Å². The van der Waals surface area contributed by atoms with E-state index in [1.54, 1.807) is 36.4 Å². The first kappa shape index (κ1) is 14.9. The molecule has 2 aromatic rings. The molecule has 1 saturated carbocycles. The predicted octanol–water partition coefficient (Wildman–Crippen LogP) is 3.35. The van der Waals surface area contributed by atoms with Crippen LogP contribution in [0.2, 0.25) is 5.02 Å². The summed E-state index contributed by atoms with van der Waals surface area (Å²) in [6.45, 7) is 0.102. The molecule has 0 radical (unpaired) electrons. The molecule has 1 aliphatic carbocycles. The zero-order valence-corrected chi connectivity index (χ0v) is 12.6. The molecule has 1 aliphatic rings. The van der Waals surface area contributed by atoms with Crippen LogP contribution in [-0.4, -0.2) is 17.7 Å². The summed E-state index contributed by atoms with van der Waals surface area (Å²) in [7, 11) is 0. The Labute approximate surface area is 133 Å². The molecule has 0 bridgehead atoms. The van der Waals surface area contributed by atoms with Gasteiger partial charge in [0.2, 0.25) is 0 Å². The second kappa shape index (κ2) is 6.02. The third kappa shape index (κ3) is 3.26. The molecule has 0 saturated heterocycles. The van der Waals surface area contributed by atoms with E-state index in [9.17, 15) is 9.90 Å². The van der Waals surface area contributed by atoms with E-state index in [0.717, 1.165) is 12.8 Å². The number of carbonyl (C=O) groups is 1. The Morgan fingerprint density at radius 3 is 2.64 bits per heavy atom. The molecular weight excluding hydrogens is 304 g/mol. The van der Waals surface area contributed by atoms with E-state index in [-0.39, 0.29) is 18.5 Å². The maximum Gasteiger partial charge on any atom is 0.319 e. The Morgan fingerprint density at radius 1 is 1.32 bits per heavy atom. The van der Waals surface area contributed by atoms with Crippen molar-refractivity contribution in [3.05, 3.63) is 53.4 Å². The zero-order valence-electron chi connectivity index (χ0n) is 11.9. The lowest BCUT2D eigenvalue weighted by Crippen LogP contribution is -2.43. The number of hydrogen-bond donors (Lipinski definition) is 3. The highest BCUT2D eigenvalue weighted by Crippen LogP contribution is 2.45. The molecular formula is C16H17ClN2O3. The van der Waals surface area contributed by atoms with E-state index < -0.39 is 5.60 Å². The molecule has 0 spiro atoms. The zero-order chi connectivity index (χ0) is 15.6. The van der Waals surface area contributed by atoms with Crippen molar-refractivity contribution in [2.75, 3.05) is 11.9 Å². The minimum Gasteiger partial charge on any atom is -0.466 e. The van der Waals surface area contributed by atoms with Crippen molar-refractivity contribution < 1.29 is 14.3 Å². The molecule has 2 amide bonds. The Morgan fingerprint density at radius 2 is 2.05 bits per heavy atom. The number of amides is 2. The van der Waals surface area contributed by atoms with Gasteiger partial charge < -0.3 is 20.2 Å². The second-order valence-electron chi connectivity index (χ2n) is 5.49. The van der Waals surface area contributed by atoms with Gasteiger partial charge in [-0.05, 0) is 55.2 Å². The van der Waals surface area contributed by atoms with Crippen molar-refractivity contribution in [3.63, 3.8) is 0 Å². The maximum absolute atomic E-state index is 12.0. The van der Waals surface area contributed by atoms with Crippen molar-refractivity contribution in [2.24, 2.45) is 5.92 Å². The molecule has 1 fully saturated rings. The van der Waals surface area contributed by atoms with Gasteiger partial charge in [-0.15, -0.1) is 0 Å². The largest absolute Gasteiger partial charge is 0.466 e. The van der Waals surface area contributed by atoms with Gasteiger partial charge >= 0.3 is 6.03 Å². The number of anilines is 1. The van der Waals surface area contributed by atoms with Crippen LogP contribution in [0.3, 0.4) is 0 Å². The van der Waals surface area contributed by atoms with Crippen LogP contribution >= 0.6 is 11.6 Å². The van der Waals surface area contributed by atoms with Crippen molar-refractivity contribution in [3.8, 4) is 0 Å². The number of halogens is 1. The fourth-order valence-electron chi connectivity index (χ4n) is 2.44. The van der Waals surface area contributed by atoms with Crippen LogP contribution in [0.15, 0.2) is 47.1 Å². The van der Waals surface area contributed by atoms with Crippen molar-refractivity contribution >= 4 is 23.3 Å². The third-order valence-corrected chi connectivity index (χ3v) is 4.07. The number of rotatable bonds is 5. The van der Waals surface area contributed by atoms with E-state index in [4.69, 9.17) is 16.0 Å². The van der Waals surface area contributed by atoms with Crippen molar-refractivity contribution in [2.45, 2.75) is 18.4 Å². The lowest BCUT2D eigenvalue weighted by atomic mass is 9.94. The lowest BCUT2D eigenvalue weighted by Gasteiger charge is -2.26. The van der Waals surface area contributed by atoms with Gasteiger partial charge in [0.05, 0.1) is 12.8 Å². The highest BCUT2D eigenvalue weighted by molar-refractivity contribution is 6.30. The molecule has 0 aliphatic heterocycles. The van der Waals surface area contributed by atoms with Gasteiger partial charge in [-0.1, -0.05) is 11.6 Å². The summed E-state index contributed by atoms with van der Waals surface area (Å²) in [5, 5.41) is 16.8. The Bertz CT molecular complexity index is 638. The van der Waals surface area contributed by atoms with E-state index in [1.807, 2.05) is 0 Å². The normalized spacial score (nSPS) is 16.8. The summed E-state index contributed by atoms with van der Waals surface area (Å²) < 4.78 is 5.33. The Balaban J connectivity index is 1.60. The highest BCUT2D eigenvalue weighted by Gasteiger charge is 2.47. The van der Waals surface area contributed by atoms with Crippen molar-refractivity contribution in [1.82, 2.24) is 5.32 Å². The third-order valence-electron chi connectivity index (χ3n) is 3.82. The van der Waals surface area contributed by atoms with E-state index in [1.165, 1.54) is 6.26 Å². The number of benzene rings is 1. The van der Waals surface area contributed by atoms with Gasteiger partial charge in [0, 0.05) is 10.7 Å². The Hall–Kier alpha value is -1.98. The van der Waals surface area contributed by atoms with E-state index in [2.05, 4.69) is 10.6 Å². The maximum atomic E-state index is 12.0. The summed E-state index contributed by atoms with van der Waals surface area (Å²) in [6.07, 6.45) is 3.38. The van der Waals surface area contributed by atoms with Gasteiger partial charge in [-0.2, -0.15) is 0 Å². The fraction of sp³-hybridized carbons (Fsp3) is 0.312. The van der Waals surface area contributed by atoms with Crippen molar-refractivity contribution in [1.29, 1.82) is 0 Å². The summed E-state index contributed by atoms with van der Waals surface area (Å²) in [4.78, 5) is 12.0. The first-order valence-electron chi connectivity index (χ1n) is 7.15. The number of carbonyl (C=O) groups excluding carboxylic acids is 1. The highest BCUT2D eigenvalue weighted by atomic mass is 35.5. The Kier molecular flexibility index (Phi) is 4.09. The fourth-order valence-corrected chi connectivity index (χ4v) is 2.57.